The van der Waals surface area contributed by atoms with Crippen LogP contribution in [0.15, 0.2) is 9.59 Å². The van der Waals surface area contributed by atoms with Crippen molar-refractivity contribution in [3.8, 4) is 0 Å². The summed E-state index contributed by atoms with van der Waals surface area (Å²) in [5, 5.41) is 13.0. The van der Waals surface area contributed by atoms with E-state index >= 15 is 0 Å². The summed E-state index contributed by atoms with van der Waals surface area (Å²) in [4.78, 5) is 47.6. The molecule has 0 fully saturated rings. The predicted octanol–water partition coefficient (Wildman–Crippen LogP) is 14.2. The van der Waals surface area contributed by atoms with Crippen LogP contribution in [0.1, 0.15) is 253 Å². The summed E-state index contributed by atoms with van der Waals surface area (Å²) in [5.74, 6) is 1.73. The lowest BCUT2D eigenvalue weighted by Gasteiger charge is -2.23. The molecule has 364 valence electrons. The lowest BCUT2D eigenvalue weighted by molar-refractivity contribution is -0.150. The molecule has 0 aliphatic carbocycles. The van der Waals surface area contributed by atoms with Crippen molar-refractivity contribution in [3.63, 3.8) is 0 Å². The summed E-state index contributed by atoms with van der Waals surface area (Å²) in [5.41, 5.74) is 0.0548. The van der Waals surface area contributed by atoms with Gasteiger partial charge >= 0.3 is 5.97 Å². The Hall–Kier alpha value is -2.42. The van der Waals surface area contributed by atoms with E-state index < -0.39 is 10.9 Å². The molecular formula is C53H101N3O6. The number of ether oxygens (including phenoxy) is 1. The van der Waals surface area contributed by atoms with Gasteiger partial charge in [-0.25, -0.2) is 0 Å². The predicted molar refractivity (Wildman–Crippen MR) is 267 cm³/mol. The SMILES string of the molecule is CCCCCCCCC(CCCCCCCC)OC(=O)CCCCCCCN(CCCCCCCCC(CCCCCCC)C(C)C)CCCNc1c(NC)c(=O)c1=O.O=CO. The summed E-state index contributed by atoms with van der Waals surface area (Å²) in [6, 6.07) is 0. The maximum absolute atomic E-state index is 12.9. The van der Waals surface area contributed by atoms with Crippen molar-refractivity contribution in [1.82, 2.24) is 4.90 Å². The summed E-state index contributed by atoms with van der Waals surface area (Å²) < 4.78 is 6.08. The number of carbonyl (C=O) groups excluding carboxylic acids is 1. The molecule has 0 radical (unpaired) electrons. The van der Waals surface area contributed by atoms with Crippen LogP contribution < -0.4 is 21.5 Å². The van der Waals surface area contributed by atoms with E-state index in [0.29, 0.717) is 24.3 Å². The van der Waals surface area contributed by atoms with E-state index in [-0.39, 0.29) is 18.5 Å². The number of nitrogens with one attached hydrogen (secondary N) is 2. The summed E-state index contributed by atoms with van der Waals surface area (Å²) in [6.07, 6.45) is 42.3. The Labute approximate surface area is 382 Å². The molecule has 0 spiro atoms. The number of rotatable bonds is 45. The van der Waals surface area contributed by atoms with Crippen molar-refractivity contribution < 1.29 is 19.4 Å². The third-order valence-corrected chi connectivity index (χ3v) is 12.9. The largest absolute Gasteiger partial charge is 0.483 e. The third kappa shape index (κ3) is 33.1. The molecule has 0 saturated carbocycles. The van der Waals surface area contributed by atoms with E-state index in [4.69, 9.17) is 14.6 Å². The molecule has 0 saturated heterocycles. The van der Waals surface area contributed by atoms with E-state index in [2.05, 4.69) is 50.2 Å². The molecule has 9 heteroatoms. The van der Waals surface area contributed by atoms with Crippen LogP contribution >= 0.6 is 0 Å². The van der Waals surface area contributed by atoms with Gasteiger partial charge in [0.1, 0.15) is 17.5 Å². The first-order valence-electron chi connectivity index (χ1n) is 26.4. The second-order valence-electron chi connectivity index (χ2n) is 18.7. The van der Waals surface area contributed by atoms with Crippen LogP contribution in [0.4, 0.5) is 11.4 Å². The van der Waals surface area contributed by atoms with Gasteiger partial charge in [-0.3, -0.25) is 19.2 Å². The molecule has 0 amide bonds. The molecule has 0 bridgehead atoms. The average molecular weight is 876 g/mol. The van der Waals surface area contributed by atoms with Crippen LogP contribution in [-0.2, 0) is 14.3 Å². The number of esters is 1. The van der Waals surface area contributed by atoms with Crippen molar-refractivity contribution in [2.75, 3.05) is 43.9 Å². The summed E-state index contributed by atoms with van der Waals surface area (Å²) >= 11 is 0. The molecule has 9 nitrogen and oxygen atoms in total. The summed E-state index contributed by atoms with van der Waals surface area (Å²) in [7, 11) is 1.69. The lowest BCUT2D eigenvalue weighted by Crippen LogP contribution is -2.37. The number of hydrogen-bond acceptors (Lipinski definition) is 8. The zero-order chi connectivity index (χ0) is 45.9. The van der Waals surface area contributed by atoms with Gasteiger partial charge in [0.05, 0.1) is 0 Å². The number of carbonyl (C=O) groups is 2. The van der Waals surface area contributed by atoms with E-state index in [1.807, 2.05) is 0 Å². The fraction of sp³-hybridized carbons (Fsp3) is 0.887. The van der Waals surface area contributed by atoms with Gasteiger partial charge in [0.25, 0.3) is 17.3 Å². The van der Waals surface area contributed by atoms with Crippen LogP contribution in [0.5, 0.6) is 0 Å². The van der Waals surface area contributed by atoms with E-state index in [1.54, 1.807) is 7.05 Å². The van der Waals surface area contributed by atoms with Crippen LogP contribution in [0.2, 0.25) is 0 Å². The molecule has 0 aliphatic heterocycles. The zero-order valence-corrected chi connectivity index (χ0v) is 41.6. The normalized spacial score (nSPS) is 12.0. The van der Waals surface area contributed by atoms with E-state index in [0.717, 1.165) is 70.0 Å². The Bertz CT molecular complexity index is 1200. The topological polar surface area (TPSA) is 125 Å². The molecule has 0 heterocycles. The van der Waals surface area contributed by atoms with Crippen molar-refractivity contribution in [2.24, 2.45) is 11.8 Å². The highest BCUT2D eigenvalue weighted by Gasteiger charge is 2.19. The minimum Gasteiger partial charge on any atom is -0.483 e. The number of hydrogen-bond donors (Lipinski definition) is 3. The first-order valence-corrected chi connectivity index (χ1v) is 26.4. The minimum absolute atomic E-state index is 0.0187. The van der Waals surface area contributed by atoms with E-state index in [1.165, 1.54) is 173 Å². The Balaban J connectivity index is 0.0000120. The van der Waals surface area contributed by atoms with Crippen LogP contribution in [-0.4, -0.2) is 61.8 Å². The van der Waals surface area contributed by atoms with Gasteiger partial charge in [0, 0.05) is 20.0 Å². The fourth-order valence-corrected chi connectivity index (χ4v) is 8.87. The lowest BCUT2D eigenvalue weighted by atomic mass is 9.85. The fourth-order valence-electron chi connectivity index (χ4n) is 8.87. The first-order chi connectivity index (χ1) is 30.2. The molecule has 1 aromatic carbocycles. The molecule has 1 unspecified atom stereocenters. The molecule has 3 N–H and O–H groups in total. The van der Waals surface area contributed by atoms with Gasteiger partial charge < -0.3 is 25.4 Å². The standard InChI is InChI=1S/C52H99N3O4.CH2O2/c1-7-10-13-16-23-30-38-47(39-31-24-17-14-11-8-2)59-48(56)40-32-25-20-27-34-43-55(44-35-41-54-50-49(53-6)51(57)52(50)58)42-33-26-19-18-22-29-37-46(45(4)5)36-28-21-15-12-9-3;2-1-3/h45-47,53-54H,7-44H2,1-6H3;1H,(H,2,3). The molecule has 62 heavy (non-hydrogen) atoms. The van der Waals surface area contributed by atoms with Gasteiger partial charge in [-0.15, -0.1) is 0 Å². The van der Waals surface area contributed by atoms with Crippen molar-refractivity contribution >= 4 is 23.8 Å². The Morgan fingerprint density at radius 3 is 1.37 bits per heavy atom. The minimum atomic E-state index is -0.415. The Kier molecular flexibility index (Phi) is 42.1. The zero-order valence-electron chi connectivity index (χ0n) is 41.6. The van der Waals surface area contributed by atoms with Crippen molar-refractivity contribution in [1.29, 1.82) is 0 Å². The van der Waals surface area contributed by atoms with Gasteiger partial charge in [-0.1, -0.05) is 195 Å². The maximum Gasteiger partial charge on any atom is 0.306 e. The number of unbranched alkanes of at least 4 members (excludes halogenated alkanes) is 23. The Morgan fingerprint density at radius 2 is 0.935 bits per heavy atom. The second kappa shape index (κ2) is 43.8. The van der Waals surface area contributed by atoms with Gasteiger partial charge in [0.2, 0.25) is 0 Å². The highest BCUT2D eigenvalue weighted by atomic mass is 16.5. The van der Waals surface area contributed by atoms with Crippen molar-refractivity contribution in [2.45, 2.75) is 259 Å². The van der Waals surface area contributed by atoms with Crippen LogP contribution in [0, 0.1) is 11.8 Å². The molecule has 1 rings (SSSR count). The van der Waals surface area contributed by atoms with Crippen LogP contribution in [0.3, 0.4) is 0 Å². The highest BCUT2D eigenvalue weighted by molar-refractivity contribution is 5.73. The highest BCUT2D eigenvalue weighted by Crippen LogP contribution is 2.26. The Morgan fingerprint density at radius 1 is 0.565 bits per heavy atom. The van der Waals surface area contributed by atoms with Gasteiger partial charge in [-0.2, -0.15) is 0 Å². The molecular weight excluding hydrogens is 775 g/mol. The van der Waals surface area contributed by atoms with E-state index in [9.17, 15) is 14.4 Å². The number of carboxylic acid groups (broad SMARTS) is 1. The number of anilines is 2. The summed E-state index contributed by atoms with van der Waals surface area (Å²) in [6.45, 7) is 15.3. The quantitative estimate of drug-likeness (QED) is 0.0254. The molecule has 0 aliphatic rings. The third-order valence-electron chi connectivity index (χ3n) is 12.9. The molecule has 1 atom stereocenters. The smallest absolute Gasteiger partial charge is 0.306 e. The van der Waals surface area contributed by atoms with Gasteiger partial charge in [-0.05, 0) is 82.8 Å². The monoisotopic (exact) mass is 876 g/mol. The molecule has 0 aromatic heterocycles. The maximum atomic E-state index is 12.9. The van der Waals surface area contributed by atoms with Crippen LogP contribution in [0.25, 0.3) is 0 Å². The number of nitrogens with zero attached hydrogens (tertiary/aromatic N) is 1. The second-order valence-corrected chi connectivity index (χ2v) is 18.7. The molecule has 1 aromatic rings. The van der Waals surface area contributed by atoms with Crippen molar-refractivity contribution in [3.05, 3.63) is 20.4 Å². The van der Waals surface area contributed by atoms with Gasteiger partial charge in [0.15, 0.2) is 0 Å². The average Bonchev–Trinajstić information content (AvgIpc) is 3.26. The first kappa shape index (κ1) is 59.6.